The summed E-state index contributed by atoms with van der Waals surface area (Å²) in [6, 6.07) is 13.8. The number of hydrogen-bond donors (Lipinski definition) is 2. The van der Waals surface area contributed by atoms with Crippen LogP contribution in [-0.2, 0) is 0 Å². The van der Waals surface area contributed by atoms with Crippen LogP contribution in [0.3, 0.4) is 0 Å². The molecule has 0 atom stereocenters. The van der Waals surface area contributed by atoms with Crippen LogP contribution in [0.5, 0.6) is 0 Å². The van der Waals surface area contributed by atoms with Gasteiger partial charge in [-0.2, -0.15) is 0 Å². The van der Waals surface area contributed by atoms with E-state index in [1.165, 1.54) is 5.56 Å². The average Bonchev–Trinajstić information content (AvgIpc) is 2.49. The summed E-state index contributed by atoms with van der Waals surface area (Å²) in [6.07, 6.45) is 0. The molecule has 0 heterocycles. The Labute approximate surface area is 133 Å². The topological polar surface area (TPSA) is 61.8 Å². The molecule has 0 aromatic heterocycles. The highest BCUT2D eigenvalue weighted by Gasteiger charge is 2.16. The quantitative estimate of drug-likeness (QED) is 0.380. The lowest BCUT2D eigenvalue weighted by Gasteiger charge is -2.27. The Hall–Kier alpha value is -2.01. The van der Waals surface area contributed by atoms with E-state index in [4.69, 9.17) is 10.9 Å². The SMILES string of the molecule is CCN(c1ccccc1C)c1cc(Br)ccc1/C(N)=N/O. The lowest BCUT2D eigenvalue weighted by Crippen LogP contribution is -2.23. The number of hydrogen-bond acceptors (Lipinski definition) is 3. The van der Waals surface area contributed by atoms with Crippen molar-refractivity contribution < 1.29 is 5.21 Å². The van der Waals surface area contributed by atoms with E-state index >= 15 is 0 Å². The molecule has 4 nitrogen and oxygen atoms in total. The molecule has 0 fully saturated rings. The summed E-state index contributed by atoms with van der Waals surface area (Å²) < 4.78 is 0.944. The Balaban J connectivity index is 2.62. The third-order valence-corrected chi connectivity index (χ3v) is 3.85. The van der Waals surface area contributed by atoms with Crippen molar-refractivity contribution in [3.05, 3.63) is 58.1 Å². The molecule has 0 amide bonds. The van der Waals surface area contributed by atoms with Crippen molar-refractivity contribution in [2.24, 2.45) is 10.9 Å². The predicted octanol–water partition coefficient (Wildman–Crippen LogP) is 4.01. The number of para-hydroxylation sites is 1. The maximum atomic E-state index is 8.99. The first-order chi connectivity index (χ1) is 10.1. The highest BCUT2D eigenvalue weighted by atomic mass is 79.9. The van der Waals surface area contributed by atoms with Gasteiger partial charge in [0, 0.05) is 22.3 Å². The number of anilines is 2. The highest BCUT2D eigenvalue weighted by Crippen LogP contribution is 2.32. The van der Waals surface area contributed by atoms with Gasteiger partial charge in [-0.3, -0.25) is 0 Å². The maximum Gasteiger partial charge on any atom is 0.172 e. The summed E-state index contributed by atoms with van der Waals surface area (Å²) in [7, 11) is 0. The highest BCUT2D eigenvalue weighted by molar-refractivity contribution is 9.10. The van der Waals surface area contributed by atoms with Crippen LogP contribution in [0.4, 0.5) is 11.4 Å². The number of halogens is 1. The molecule has 110 valence electrons. The molecule has 2 aromatic carbocycles. The van der Waals surface area contributed by atoms with E-state index in [0.29, 0.717) is 5.56 Å². The molecule has 0 radical (unpaired) electrons. The molecule has 0 unspecified atom stereocenters. The molecule has 0 aliphatic rings. The minimum absolute atomic E-state index is 0.101. The van der Waals surface area contributed by atoms with Crippen molar-refractivity contribution in [3.8, 4) is 0 Å². The molecule has 0 saturated carbocycles. The zero-order valence-corrected chi connectivity index (χ0v) is 13.6. The fourth-order valence-electron chi connectivity index (χ4n) is 2.34. The minimum Gasteiger partial charge on any atom is -0.409 e. The van der Waals surface area contributed by atoms with Gasteiger partial charge < -0.3 is 15.8 Å². The minimum atomic E-state index is 0.101. The lowest BCUT2D eigenvalue weighted by molar-refractivity contribution is 0.318. The van der Waals surface area contributed by atoms with Gasteiger partial charge >= 0.3 is 0 Å². The maximum absolute atomic E-state index is 8.99. The van der Waals surface area contributed by atoms with Crippen LogP contribution in [0.2, 0.25) is 0 Å². The molecule has 0 bridgehead atoms. The number of rotatable bonds is 4. The van der Waals surface area contributed by atoms with Crippen LogP contribution < -0.4 is 10.6 Å². The molecular formula is C16H18BrN3O. The van der Waals surface area contributed by atoms with Gasteiger partial charge in [-0.05, 0) is 43.7 Å². The Morgan fingerprint density at radius 1 is 1.24 bits per heavy atom. The summed E-state index contributed by atoms with van der Waals surface area (Å²) in [5, 5.41) is 12.1. The third-order valence-electron chi connectivity index (χ3n) is 3.36. The Bertz CT molecular complexity index is 670. The number of nitrogens with two attached hydrogens (primary N) is 1. The van der Waals surface area contributed by atoms with E-state index in [1.807, 2.05) is 30.3 Å². The number of amidine groups is 1. The summed E-state index contributed by atoms with van der Waals surface area (Å²) in [4.78, 5) is 2.15. The average molecular weight is 348 g/mol. The van der Waals surface area contributed by atoms with Gasteiger partial charge in [-0.25, -0.2) is 0 Å². The van der Waals surface area contributed by atoms with E-state index < -0.39 is 0 Å². The van der Waals surface area contributed by atoms with E-state index in [1.54, 1.807) is 0 Å². The van der Waals surface area contributed by atoms with Gasteiger partial charge in [-0.1, -0.05) is 39.3 Å². The summed E-state index contributed by atoms with van der Waals surface area (Å²) in [5.74, 6) is 0.101. The molecule has 0 aliphatic carbocycles. The molecule has 21 heavy (non-hydrogen) atoms. The van der Waals surface area contributed by atoms with Crippen LogP contribution in [0.25, 0.3) is 0 Å². The monoisotopic (exact) mass is 347 g/mol. The number of benzene rings is 2. The molecule has 2 rings (SSSR count). The van der Waals surface area contributed by atoms with Crippen LogP contribution in [0, 0.1) is 6.92 Å². The largest absolute Gasteiger partial charge is 0.409 e. The molecule has 0 saturated heterocycles. The molecule has 2 aromatic rings. The van der Waals surface area contributed by atoms with Crippen molar-refractivity contribution in [2.75, 3.05) is 11.4 Å². The second kappa shape index (κ2) is 6.63. The third kappa shape index (κ3) is 3.19. The molecule has 0 spiro atoms. The second-order valence-electron chi connectivity index (χ2n) is 4.68. The normalized spacial score (nSPS) is 11.5. The van der Waals surface area contributed by atoms with Crippen LogP contribution in [-0.4, -0.2) is 17.6 Å². The van der Waals surface area contributed by atoms with E-state index in [9.17, 15) is 0 Å². The van der Waals surface area contributed by atoms with E-state index in [-0.39, 0.29) is 5.84 Å². The van der Waals surface area contributed by atoms with Gasteiger partial charge in [-0.15, -0.1) is 0 Å². The zero-order valence-electron chi connectivity index (χ0n) is 12.0. The van der Waals surface area contributed by atoms with Gasteiger partial charge in [0.15, 0.2) is 5.84 Å². The predicted molar refractivity (Wildman–Crippen MR) is 90.5 cm³/mol. The Morgan fingerprint density at radius 2 is 1.95 bits per heavy atom. The fourth-order valence-corrected chi connectivity index (χ4v) is 2.68. The van der Waals surface area contributed by atoms with Crippen molar-refractivity contribution in [1.29, 1.82) is 0 Å². The molecular weight excluding hydrogens is 330 g/mol. The zero-order chi connectivity index (χ0) is 15.4. The van der Waals surface area contributed by atoms with Crippen LogP contribution >= 0.6 is 15.9 Å². The summed E-state index contributed by atoms with van der Waals surface area (Å²) in [5.41, 5.74) is 9.68. The van der Waals surface area contributed by atoms with E-state index in [0.717, 1.165) is 22.4 Å². The molecule has 5 heteroatoms. The number of nitrogens with zero attached hydrogens (tertiary/aromatic N) is 2. The first kappa shape index (κ1) is 15.4. The van der Waals surface area contributed by atoms with Gasteiger partial charge in [0.1, 0.15) is 0 Å². The van der Waals surface area contributed by atoms with Crippen molar-refractivity contribution in [1.82, 2.24) is 0 Å². The van der Waals surface area contributed by atoms with Crippen molar-refractivity contribution in [3.63, 3.8) is 0 Å². The summed E-state index contributed by atoms with van der Waals surface area (Å²) in [6.45, 7) is 4.91. The van der Waals surface area contributed by atoms with Crippen molar-refractivity contribution in [2.45, 2.75) is 13.8 Å². The number of aryl methyl sites for hydroxylation is 1. The molecule has 3 N–H and O–H groups in total. The first-order valence-corrected chi connectivity index (χ1v) is 7.48. The van der Waals surface area contributed by atoms with Gasteiger partial charge in [0.05, 0.1) is 5.69 Å². The van der Waals surface area contributed by atoms with Gasteiger partial charge in [0.25, 0.3) is 0 Å². The first-order valence-electron chi connectivity index (χ1n) is 6.69. The fraction of sp³-hybridized carbons (Fsp3) is 0.188. The summed E-state index contributed by atoms with van der Waals surface area (Å²) >= 11 is 3.49. The van der Waals surface area contributed by atoms with Crippen LogP contribution in [0.15, 0.2) is 52.1 Å². The Kier molecular flexibility index (Phi) is 4.85. The smallest absolute Gasteiger partial charge is 0.172 e. The Morgan fingerprint density at radius 3 is 2.57 bits per heavy atom. The van der Waals surface area contributed by atoms with Crippen LogP contribution in [0.1, 0.15) is 18.1 Å². The van der Waals surface area contributed by atoms with Crippen molar-refractivity contribution >= 4 is 33.1 Å². The lowest BCUT2D eigenvalue weighted by atomic mass is 10.1. The standard InChI is InChI=1S/C16H18BrN3O/c1-3-20(14-7-5-4-6-11(14)2)15-10-12(17)8-9-13(15)16(18)19-21/h4-10,21H,3H2,1-2H3,(H2,18,19). The van der Waals surface area contributed by atoms with Gasteiger partial charge in [0.2, 0.25) is 0 Å². The van der Waals surface area contributed by atoms with E-state index in [2.05, 4.69) is 52.0 Å². The molecule has 0 aliphatic heterocycles. The second-order valence-corrected chi connectivity index (χ2v) is 5.59. The number of oxime groups is 1.